The maximum absolute atomic E-state index is 12.7. The first-order valence-electron chi connectivity index (χ1n) is 9.31. The van der Waals surface area contributed by atoms with Crippen molar-refractivity contribution in [3.8, 4) is 0 Å². The highest BCUT2D eigenvalue weighted by atomic mass is 16.5. The van der Waals surface area contributed by atoms with Crippen LogP contribution in [0.5, 0.6) is 0 Å². The molecule has 0 saturated carbocycles. The van der Waals surface area contributed by atoms with E-state index in [4.69, 9.17) is 4.74 Å². The topological polar surface area (TPSA) is 71.8 Å². The van der Waals surface area contributed by atoms with Crippen molar-refractivity contribution >= 4 is 17.2 Å². The van der Waals surface area contributed by atoms with E-state index < -0.39 is 0 Å². The minimum atomic E-state index is -0.0387. The number of carbonyl (C=O) groups is 1. The van der Waals surface area contributed by atoms with Gasteiger partial charge in [0, 0.05) is 37.9 Å². The molecule has 1 aromatic carbocycles. The molecular weight excluding hydrogens is 342 g/mol. The van der Waals surface area contributed by atoms with E-state index in [0.717, 1.165) is 43.1 Å². The second-order valence-electron chi connectivity index (χ2n) is 6.52. The molecule has 1 aliphatic heterocycles. The molecule has 0 unspecified atom stereocenters. The normalized spacial score (nSPS) is 14.4. The number of hydrogen-bond acceptors (Lipinski definition) is 5. The zero-order valence-corrected chi connectivity index (χ0v) is 15.2. The van der Waals surface area contributed by atoms with Gasteiger partial charge in [0.2, 0.25) is 0 Å². The second-order valence-corrected chi connectivity index (χ2v) is 6.52. The van der Waals surface area contributed by atoms with Crippen molar-refractivity contribution in [3.63, 3.8) is 0 Å². The van der Waals surface area contributed by atoms with Crippen LogP contribution >= 0.6 is 0 Å². The first-order chi connectivity index (χ1) is 13.3. The fourth-order valence-electron chi connectivity index (χ4n) is 3.35. The fraction of sp³-hybridized carbons (Fsp3) is 0.350. The molecular formula is C20H23N5O2. The highest BCUT2D eigenvalue weighted by Gasteiger charge is 2.18. The molecule has 0 bridgehead atoms. The lowest BCUT2D eigenvalue weighted by Crippen LogP contribution is -2.38. The van der Waals surface area contributed by atoms with Crippen LogP contribution in [0.1, 0.15) is 22.6 Å². The smallest absolute Gasteiger partial charge is 0.253 e. The predicted octanol–water partition coefficient (Wildman–Crippen LogP) is 1.93. The van der Waals surface area contributed by atoms with Crippen molar-refractivity contribution in [2.24, 2.45) is 0 Å². The van der Waals surface area contributed by atoms with Gasteiger partial charge in [0.25, 0.3) is 5.91 Å². The van der Waals surface area contributed by atoms with Gasteiger partial charge in [-0.15, -0.1) is 10.2 Å². The molecule has 1 saturated heterocycles. The predicted molar refractivity (Wildman–Crippen MR) is 103 cm³/mol. The summed E-state index contributed by atoms with van der Waals surface area (Å²) in [5.41, 5.74) is 2.53. The minimum absolute atomic E-state index is 0.0387. The molecule has 3 aromatic rings. The molecule has 1 amide bonds. The molecule has 1 aliphatic rings. The van der Waals surface area contributed by atoms with Gasteiger partial charge in [0.15, 0.2) is 5.65 Å². The Hall–Kier alpha value is -2.93. The summed E-state index contributed by atoms with van der Waals surface area (Å²) >= 11 is 0. The molecule has 4 rings (SSSR count). The molecule has 3 heterocycles. The van der Waals surface area contributed by atoms with Crippen molar-refractivity contribution in [2.45, 2.75) is 12.8 Å². The molecule has 0 radical (unpaired) electrons. The van der Waals surface area contributed by atoms with Crippen LogP contribution in [0.15, 0.2) is 48.7 Å². The number of para-hydroxylation sites is 1. The average Bonchev–Trinajstić information content (AvgIpc) is 3.15. The van der Waals surface area contributed by atoms with Gasteiger partial charge in [0.1, 0.15) is 5.82 Å². The summed E-state index contributed by atoms with van der Waals surface area (Å²) in [6.07, 6.45) is 3.53. The Balaban J connectivity index is 1.34. The van der Waals surface area contributed by atoms with E-state index in [1.54, 1.807) is 0 Å². The van der Waals surface area contributed by atoms with Crippen LogP contribution < -0.4 is 10.2 Å². The van der Waals surface area contributed by atoms with Gasteiger partial charge in [-0.05, 0) is 30.7 Å². The van der Waals surface area contributed by atoms with E-state index in [2.05, 4.69) is 20.4 Å². The van der Waals surface area contributed by atoms with Crippen LogP contribution in [0, 0.1) is 0 Å². The largest absolute Gasteiger partial charge is 0.378 e. The van der Waals surface area contributed by atoms with E-state index in [0.29, 0.717) is 25.3 Å². The lowest BCUT2D eigenvalue weighted by atomic mass is 10.1. The zero-order valence-electron chi connectivity index (χ0n) is 15.2. The number of carbonyl (C=O) groups excluding carboxylic acids is 1. The number of hydrogen-bond donors (Lipinski definition) is 1. The lowest BCUT2D eigenvalue weighted by molar-refractivity contribution is 0.0951. The standard InChI is InChI=1S/C20H23N5O2/c26-20(16-6-1-2-7-17(16)24-12-14-27-15-13-24)21-10-5-9-19-23-22-18-8-3-4-11-25(18)19/h1-4,6-8,11H,5,9-10,12-15H2,(H,21,26). The first-order valence-corrected chi connectivity index (χ1v) is 9.31. The van der Waals surface area contributed by atoms with E-state index in [9.17, 15) is 4.79 Å². The van der Waals surface area contributed by atoms with E-state index in [1.165, 1.54) is 0 Å². The Kier molecular flexibility index (Phi) is 5.29. The van der Waals surface area contributed by atoms with Crippen LogP contribution in [-0.4, -0.2) is 53.4 Å². The van der Waals surface area contributed by atoms with Gasteiger partial charge >= 0.3 is 0 Å². The molecule has 2 aromatic heterocycles. The third-order valence-electron chi connectivity index (χ3n) is 4.75. The Morgan fingerprint density at radius 3 is 2.78 bits per heavy atom. The molecule has 0 spiro atoms. The molecule has 0 atom stereocenters. The maximum Gasteiger partial charge on any atom is 0.253 e. The molecule has 1 N–H and O–H groups in total. The van der Waals surface area contributed by atoms with Crippen molar-refractivity contribution in [2.75, 3.05) is 37.7 Å². The quantitative estimate of drug-likeness (QED) is 0.676. The summed E-state index contributed by atoms with van der Waals surface area (Å²) in [6.45, 7) is 3.61. The third-order valence-corrected chi connectivity index (χ3v) is 4.75. The van der Waals surface area contributed by atoms with Crippen molar-refractivity contribution in [1.29, 1.82) is 0 Å². The summed E-state index contributed by atoms with van der Waals surface area (Å²) in [4.78, 5) is 14.9. The zero-order chi connectivity index (χ0) is 18.5. The summed E-state index contributed by atoms with van der Waals surface area (Å²) in [6, 6.07) is 13.6. The maximum atomic E-state index is 12.7. The summed E-state index contributed by atoms with van der Waals surface area (Å²) < 4.78 is 7.39. The number of pyridine rings is 1. The minimum Gasteiger partial charge on any atom is -0.378 e. The third kappa shape index (κ3) is 3.93. The Labute approximate surface area is 158 Å². The summed E-state index contributed by atoms with van der Waals surface area (Å²) in [7, 11) is 0. The number of benzene rings is 1. The molecule has 7 heteroatoms. The molecule has 140 valence electrons. The van der Waals surface area contributed by atoms with E-state index in [-0.39, 0.29) is 5.91 Å². The SMILES string of the molecule is O=C(NCCCc1nnc2ccccn12)c1ccccc1N1CCOCC1. The van der Waals surface area contributed by atoms with Crippen LogP contribution in [0.25, 0.3) is 5.65 Å². The molecule has 7 nitrogen and oxygen atoms in total. The van der Waals surface area contributed by atoms with Crippen LogP contribution in [0.4, 0.5) is 5.69 Å². The van der Waals surface area contributed by atoms with Crippen LogP contribution in [-0.2, 0) is 11.2 Å². The number of fused-ring (bicyclic) bond motifs is 1. The van der Waals surface area contributed by atoms with Crippen LogP contribution in [0.3, 0.4) is 0 Å². The Bertz CT molecular complexity index is 917. The molecule has 0 aliphatic carbocycles. The number of rotatable bonds is 6. The van der Waals surface area contributed by atoms with Gasteiger partial charge < -0.3 is 15.0 Å². The number of morpholine rings is 1. The van der Waals surface area contributed by atoms with Gasteiger partial charge in [-0.1, -0.05) is 18.2 Å². The average molecular weight is 365 g/mol. The van der Waals surface area contributed by atoms with E-state index >= 15 is 0 Å². The van der Waals surface area contributed by atoms with Crippen molar-refractivity contribution in [3.05, 3.63) is 60.0 Å². The number of nitrogens with zero attached hydrogens (tertiary/aromatic N) is 4. The van der Waals surface area contributed by atoms with Crippen LogP contribution in [0.2, 0.25) is 0 Å². The number of aryl methyl sites for hydroxylation is 1. The monoisotopic (exact) mass is 365 g/mol. The summed E-state index contributed by atoms with van der Waals surface area (Å²) in [5, 5.41) is 11.4. The highest BCUT2D eigenvalue weighted by Crippen LogP contribution is 2.21. The first kappa shape index (κ1) is 17.5. The van der Waals surface area contributed by atoms with Crippen molar-refractivity contribution in [1.82, 2.24) is 19.9 Å². The van der Waals surface area contributed by atoms with E-state index in [1.807, 2.05) is 53.1 Å². The number of aromatic nitrogens is 3. The number of ether oxygens (including phenoxy) is 1. The van der Waals surface area contributed by atoms with Gasteiger partial charge in [-0.3, -0.25) is 9.20 Å². The van der Waals surface area contributed by atoms with Crippen molar-refractivity contribution < 1.29 is 9.53 Å². The lowest BCUT2D eigenvalue weighted by Gasteiger charge is -2.30. The van der Waals surface area contributed by atoms with Gasteiger partial charge in [-0.25, -0.2) is 0 Å². The Morgan fingerprint density at radius 2 is 1.89 bits per heavy atom. The second kappa shape index (κ2) is 8.18. The number of amides is 1. The number of nitrogens with one attached hydrogen (secondary N) is 1. The molecule has 1 fully saturated rings. The Morgan fingerprint density at radius 1 is 1.07 bits per heavy atom. The van der Waals surface area contributed by atoms with Gasteiger partial charge in [-0.2, -0.15) is 0 Å². The molecule has 27 heavy (non-hydrogen) atoms. The highest BCUT2D eigenvalue weighted by molar-refractivity contribution is 5.99. The summed E-state index contributed by atoms with van der Waals surface area (Å²) in [5.74, 6) is 0.872. The number of anilines is 1. The van der Waals surface area contributed by atoms with Gasteiger partial charge in [0.05, 0.1) is 18.8 Å². The fourth-order valence-corrected chi connectivity index (χ4v) is 3.35.